The molecule has 3 fully saturated rings. The van der Waals surface area contributed by atoms with Gasteiger partial charge in [0.2, 0.25) is 5.91 Å². The summed E-state index contributed by atoms with van der Waals surface area (Å²) in [6.45, 7) is 3.10. The molecule has 1 aliphatic carbocycles. The maximum absolute atomic E-state index is 12.5. The van der Waals surface area contributed by atoms with Crippen LogP contribution in [0.4, 0.5) is 10.5 Å². The molecule has 156 valence electrons. The Labute approximate surface area is 177 Å². The third-order valence-corrected chi connectivity index (χ3v) is 6.86. The van der Waals surface area contributed by atoms with Crippen molar-refractivity contribution in [3.05, 3.63) is 59.9 Å². The Hall–Kier alpha value is -2.89. The molecule has 1 N–H and O–H groups in total. The van der Waals surface area contributed by atoms with Crippen LogP contribution in [0.5, 0.6) is 0 Å². The molecule has 0 atom stereocenters. The summed E-state index contributed by atoms with van der Waals surface area (Å²) in [6.07, 6.45) is 8.17. The largest absolute Gasteiger partial charge is 0.341 e. The number of amides is 3. The number of carbonyl (C=O) groups excluding carboxylic acids is 2. The van der Waals surface area contributed by atoms with E-state index in [1.807, 2.05) is 34.2 Å². The van der Waals surface area contributed by atoms with Crippen molar-refractivity contribution in [2.45, 2.75) is 37.5 Å². The predicted molar refractivity (Wildman–Crippen MR) is 115 cm³/mol. The van der Waals surface area contributed by atoms with E-state index in [0.29, 0.717) is 17.7 Å². The minimum Gasteiger partial charge on any atom is -0.341 e. The van der Waals surface area contributed by atoms with Crippen molar-refractivity contribution in [2.75, 3.05) is 31.5 Å². The van der Waals surface area contributed by atoms with Crippen molar-refractivity contribution in [3.63, 3.8) is 0 Å². The number of urea groups is 1. The molecular formula is C24H28N4O2. The Morgan fingerprint density at radius 3 is 2.20 bits per heavy atom. The summed E-state index contributed by atoms with van der Waals surface area (Å²) in [5, 5.41) is 2.99. The Morgan fingerprint density at radius 2 is 1.53 bits per heavy atom. The molecule has 6 nitrogen and oxygen atoms in total. The number of hydrogen-bond donors (Lipinski definition) is 1. The minimum atomic E-state index is -0.0557. The van der Waals surface area contributed by atoms with Crippen LogP contribution in [-0.2, 0) is 4.79 Å². The van der Waals surface area contributed by atoms with Crippen LogP contribution in [0.15, 0.2) is 48.8 Å². The SMILES string of the molecule is O=C(Nc1ccc(C2CN(C(=O)C3CCCC3)C2)cc1)N1CC(c2cccnc2)C1. The van der Waals surface area contributed by atoms with Crippen LogP contribution in [0, 0.1) is 5.92 Å². The zero-order valence-corrected chi connectivity index (χ0v) is 17.2. The fraction of sp³-hybridized carbons (Fsp3) is 0.458. The van der Waals surface area contributed by atoms with Gasteiger partial charge in [0.05, 0.1) is 0 Å². The lowest BCUT2D eigenvalue weighted by Gasteiger charge is -2.41. The van der Waals surface area contributed by atoms with Crippen molar-refractivity contribution in [3.8, 4) is 0 Å². The molecule has 30 heavy (non-hydrogen) atoms. The Balaban J connectivity index is 1.09. The highest BCUT2D eigenvalue weighted by Gasteiger charge is 2.36. The molecule has 0 unspecified atom stereocenters. The fourth-order valence-electron chi connectivity index (χ4n) is 4.81. The number of rotatable bonds is 4. The Morgan fingerprint density at radius 1 is 0.867 bits per heavy atom. The lowest BCUT2D eigenvalue weighted by Crippen LogP contribution is -2.50. The van der Waals surface area contributed by atoms with Crippen LogP contribution in [0.1, 0.15) is 48.6 Å². The second-order valence-corrected chi connectivity index (χ2v) is 8.86. The first kappa shape index (κ1) is 19.1. The summed E-state index contributed by atoms with van der Waals surface area (Å²) in [5.41, 5.74) is 3.24. The summed E-state index contributed by atoms with van der Waals surface area (Å²) < 4.78 is 0. The van der Waals surface area contributed by atoms with Gasteiger partial charge in [-0.05, 0) is 42.2 Å². The molecule has 3 amide bonds. The topological polar surface area (TPSA) is 65.5 Å². The van der Waals surface area contributed by atoms with Gasteiger partial charge in [0.1, 0.15) is 0 Å². The van der Waals surface area contributed by atoms with E-state index in [9.17, 15) is 9.59 Å². The molecule has 1 aromatic heterocycles. The van der Waals surface area contributed by atoms with E-state index < -0.39 is 0 Å². The van der Waals surface area contributed by atoms with Gasteiger partial charge in [-0.25, -0.2) is 4.79 Å². The molecule has 3 aliphatic rings. The standard InChI is InChI=1S/C24H28N4O2/c29-23(18-4-1-2-5-18)27-13-20(14-27)17-7-9-22(10-8-17)26-24(30)28-15-21(16-28)19-6-3-11-25-12-19/h3,6-12,18,20-21H,1-2,4-5,13-16H2,(H,26,30). The van der Waals surface area contributed by atoms with Crippen molar-refractivity contribution in [2.24, 2.45) is 5.92 Å². The number of aromatic nitrogens is 1. The summed E-state index contributed by atoms with van der Waals surface area (Å²) in [6, 6.07) is 12.0. The molecule has 3 heterocycles. The van der Waals surface area contributed by atoms with Gasteiger partial charge in [-0.1, -0.05) is 31.0 Å². The average molecular weight is 405 g/mol. The third kappa shape index (κ3) is 3.78. The van der Waals surface area contributed by atoms with Crippen LogP contribution in [0.25, 0.3) is 0 Å². The number of pyridine rings is 1. The van der Waals surface area contributed by atoms with E-state index in [-0.39, 0.29) is 11.9 Å². The summed E-state index contributed by atoms with van der Waals surface area (Å²) in [7, 11) is 0. The average Bonchev–Trinajstić information content (AvgIpc) is 3.23. The van der Waals surface area contributed by atoms with Crippen molar-refractivity contribution < 1.29 is 9.59 Å². The van der Waals surface area contributed by atoms with E-state index in [1.165, 1.54) is 24.0 Å². The normalized spacial score (nSPS) is 20.0. The van der Waals surface area contributed by atoms with Gasteiger partial charge in [-0.3, -0.25) is 9.78 Å². The molecule has 2 aliphatic heterocycles. The maximum Gasteiger partial charge on any atom is 0.321 e. The first-order valence-corrected chi connectivity index (χ1v) is 11.0. The molecule has 1 saturated carbocycles. The molecule has 0 radical (unpaired) electrons. The van der Waals surface area contributed by atoms with E-state index in [4.69, 9.17) is 0 Å². The van der Waals surface area contributed by atoms with Gasteiger partial charge in [-0.15, -0.1) is 0 Å². The third-order valence-electron chi connectivity index (χ3n) is 6.86. The van der Waals surface area contributed by atoms with E-state index in [1.54, 1.807) is 6.20 Å². The quantitative estimate of drug-likeness (QED) is 0.842. The summed E-state index contributed by atoms with van der Waals surface area (Å²) in [4.78, 5) is 32.9. The molecular weight excluding hydrogens is 376 g/mol. The molecule has 0 spiro atoms. The minimum absolute atomic E-state index is 0.0557. The molecule has 5 rings (SSSR count). The number of benzene rings is 1. The van der Waals surface area contributed by atoms with E-state index >= 15 is 0 Å². The first-order chi connectivity index (χ1) is 14.7. The second-order valence-electron chi connectivity index (χ2n) is 8.86. The van der Waals surface area contributed by atoms with E-state index in [2.05, 4.69) is 28.5 Å². The van der Waals surface area contributed by atoms with Gasteiger partial charge < -0.3 is 15.1 Å². The van der Waals surface area contributed by atoms with Crippen LogP contribution in [0.3, 0.4) is 0 Å². The lowest BCUT2D eigenvalue weighted by atomic mass is 9.90. The maximum atomic E-state index is 12.5. The van der Waals surface area contributed by atoms with Gasteiger partial charge in [-0.2, -0.15) is 0 Å². The monoisotopic (exact) mass is 404 g/mol. The van der Waals surface area contributed by atoms with Gasteiger partial charge in [0, 0.05) is 62.0 Å². The van der Waals surface area contributed by atoms with Crippen molar-refractivity contribution in [1.29, 1.82) is 0 Å². The fourth-order valence-corrected chi connectivity index (χ4v) is 4.81. The summed E-state index contributed by atoms with van der Waals surface area (Å²) in [5.74, 6) is 1.41. The molecule has 1 aromatic carbocycles. The molecule has 2 saturated heterocycles. The van der Waals surface area contributed by atoms with Crippen molar-refractivity contribution in [1.82, 2.24) is 14.8 Å². The van der Waals surface area contributed by atoms with Crippen LogP contribution >= 0.6 is 0 Å². The Kier molecular flexibility index (Phi) is 5.15. The highest BCUT2D eigenvalue weighted by molar-refractivity contribution is 5.90. The van der Waals surface area contributed by atoms with Gasteiger partial charge >= 0.3 is 6.03 Å². The highest BCUT2D eigenvalue weighted by Crippen LogP contribution is 2.33. The second kappa shape index (κ2) is 8.09. The number of hydrogen-bond acceptors (Lipinski definition) is 3. The number of nitrogens with zero attached hydrogens (tertiary/aromatic N) is 3. The van der Waals surface area contributed by atoms with Gasteiger partial charge in [0.25, 0.3) is 0 Å². The molecule has 6 heteroatoms. The van der Waals surface area contributed by atoms with Gasteiger partial charge in [0.15, 0.2) is 0 Å². The number of nitrogens with one attached hydrogen (secondary N) is 1. The number of likely N-dealkylation sites (tertiary alicyclic amines) is 2. The van der Waals surface area contributed by atoms with Crippen molar-refractivity contribution >= 4 is 17.6 Å². The van der Waals surface area contributed by atoms with Crippen LogP contribution in [-0.4, -0.2) is 52.9 Å². The Bertz CT molecular complexity index is 897. The smallest absolute Gasteiger partial charge is 0.321 e. The van der Waals surface area contributed by atoms with Crippen LogP contribution < -0.4 is 5.32 Å². The molecule has 2 aromatic rings. The molecule has 0 bridgehead atoms. The van der Waals surface area contributed by atoms with E-state index in [0.717, 1.165) is 44.7 Å². The lowest BCUT2D eigenvalue weighted by molar-refractivity contribution is -0.139. The zero-order chi connectivity index (χ0) is 20.5. The number of anilines is 1. The summed E-state index contributed by atoms with van der Waals surface area (Å²) >= 11 is 0. The predicted octanol–water partition coefficient (Wildman–Crippen LogP) is 3.83. The van der Waals surface area contributed by atoms with Crippen LogP contribution in [0.2, 0.25) is 0 Å². The highest BCUT2D eigenvalue weighted by atomic mass is 16.2. The first-order valence-electron chi connectivity index (χ1n) is 11.0. The number of carbonyl (C=O) groups is 2. The zero-order valence-electron chi connectivity index (χ0n) is 17.2.